The quantitative estimate of drug-likeness (QED) is 0.782. The molecule has 0 saturated heterocycles. The minimum Gasteiger partial charge on any atom is -0.306 e. The Morgan fingerprint density at radius 2 is 1.88 bits per heavy atom. The van der Waals surface area contributed by atoms with Crippen LogP contribution in [0, 0.1) is 6.92 Å². The maximum atomic E-state index is 3.61. The molecule has 0 bridgehead atoms. The van der Waals surface area contributed by atoms with Gasteiger partial charge in [0.15, 0.2) is 0 Å². The largest absolute Gasteiger partial charge is 0.306 e. The van der Waals surface area contributed by atoms with E-state index in [2.05, 4.69) is 60.8 Å². The van der Waals surface area contributed by atoms with Crippen molar-refractivity contribution in [1.29, 1.82) is 0 Å². The molecule has 0 unspecified atom stereocenters. The summed E-state index contributed by atoms with van der Waals surface area (Å²) in [4.78, 5) is 0. The van der Waals surface area contributed by atoms with E-state index >= 15 is 0 Å². The third-order valence-corrected chi connectivity index (χ3v) is 3.49. The van der Waals surface area contributed by atoms with Crippen LogP contribution in [0.15, 0.2) is 48.5 Å². The van der Waals surface area contributed by atoms with E-state index in [1.807, 2.05) is 0 Å². The van der Waals surface area contributed by atoms with Crippen molar-refractivity contribution < 1.29 is 0 Å². The van der Waals surface area contributed by atoms with E-state index in [0.29, 0.717) is 6.04 Å². The van der Waals surface area contributed by atoms with Crippen LogP contribution in [-0.2, 0) is 6.42 Å². The van der Waals surface area contributed by atoms with E-state index in [1.54, 1.807) is 0 Å². The minimum atomic E-state index is 0.362. The Kier molecular flexibility index (Phi) is 2.69. The average Bonchev–Trinajstić information content (AvgIpc) is 2.39. The van der Waals surface area contributed by atoms with Crippen LogP contribution in [0.5, 0.6) is 0 Å². The molecule has 0 aliphatic carbocycles. The van der Waals surface area contributed by atoms with Crippen molar-refractivity contribution in [2.24, 2.45) is 0 Å². The van der Waals surface area contributed by atoms with Crippen LogP contribution in [0.2, 0.25) is 0 Å². The van der Waals surface area contributed by atoms with E-state index in [0.717, 1.165) is 13.0 Å². The van der Waals surface area contributed by atoms with E-state index in [1.165, 1.54) is 22.3 Å². The van der Waals surface area contributed by atoms with Gasteiger partial charge in [-0.1, -0.05) is 54.1 Å². The lowest BCUT2D eigenvalue weighted by Crippen LogP contribution is -2.30. The molecule has 0 fully saturated rings. The van der Waals surface area contributed by atoms with Gasteiger partial charge in [-0.05, 0) is 30.0 Å². The Labute approximate surface area is 102 Å². The van der Waals surface area contributed by atoms with E-state index < -0.39 is 0 Å². The summed E-state index contributed by atoms with van der Waals surface area (Å²) >= 11 is 0. The molecular weight excluding hydrogens is 206 g/mol. The highest BCUT2D eigenvalue weighted by Crippen LogP contribution is 2.28. The SMILES string of the molecule is Cc1ccc2c(c1)CCN[C@H]2c1ccccc1. The molecule has 2 aromatic rings. The molecule has 1 heteroatoms. The molecule has 1 N–H and O–H groups in total. The van der Waals surface area contributed by atoms with Crippen molar-refractivity contribution in [3.8, 4) is 0 Å². The van der Waals surface area contributed by atoms with Gasteiger partial charge in [0, 0.05) is 6.54 Å². The number of fused-ring (bicyclic) bond motifs is 1. The molecule has 0 saturated carbocycles. The molecule has 1 heterocycles. The topological polar surface area (TPSA) is 12.0 Å². The Balaban J connectivity index is 2.06. The molecular formula is C16H17N. The first-order valence-electron chi connectivity index (χ1n) is 6.22. The highest BCUT2D eigenvalue weighted by molar-refractivity contribution is 5.41. The zero-order chi connectivity index (χ0) is 11.7. The number of benzene rings is 2. The predicted molar refractivity (Wildman–Crippen MR) is 71.2 cm³/mol. The first-order valence-corrected chi connectivity index (χ1v) is 6.22. The predicted octanol–water partition coefficient (Wildman–Crippen LogP) is 3.23. The second-order valence-electron chi connectivity index (χ2n) is 4.75. The molecule has 0 radical (unpaired) electrons. The zero-order valence-electron chi connectivity index (χ0n) is 10.1. The highest BCUT2D eigenvalue weighted by Gasteiger charge is 2.20. The highest BCUT2D eigenvalue weighted by atomic mass is 14.9. The summed E-state index contributed by atoms with van der Waals surface area (Å²) in [6.07, 6.45) is 1.14. The third kappa shape index (κ3) is 1.98. The van der Waals surface area contributed by atoms with Gasteiger partial charge in [-0.15, -0.1) is 0 Å². The Morgan fingerprint density at radius 3 is 2.71 bits per heavy atom. The van der Waals surface area contributed by atoms with E-state index in [-0.39, 0.29) is 0 Å². The maximum absolute atomic E-state index is 3.61. The summed E-state index contributed by atoms with van der Waals surface area (Å²) in [5.41, 5.74) is 5.65. The number of aryl methyl sites for hydroxylation is 1. The van der Waals surface area contributed by atoms with E-state index in [4.69, 9.17) is 0 Å². The molecule has 1 aliphatic rings. The monoisotopic (exact) mass is 223 g/mol. The van der Waals surface area contributed by atoms with Crippen LogP contribution in [-0.4, -0.2) is 6.54 Å². The lowest BCUT2D eigenvalue weighted by Gasteiger charge is -2.27. The van der Waals surface area contributed by atoms with Crippen molar-refractivity contribution in [3.05, 3.63) is 70.8 Å². The van der Waals surface area contributed by atoms with Crippen molar-refractivity contribution in [3.63, 3.8) is 0 Å². The fraction of sp³-hybridized carbons (Fsp3) is 0.250. The zero-order valence-corrected chi connectivity index (χ0v) is 10.1. The number of nitrogens with one attached hydrogen (secondary N) is 1. The number of hydrogen-bond donors (Lipinski definition) is 1. The second kappa shape index (κ2) is 4.34. The molecule has 3 rings (SSSR count). The van der Waals surface area contributed by atoms with Crippen molar-refractivity contribution >= 4 is 0 Å². The number of hydrogen-bond acceptors (Lipinski definition) is 1. The average molecular weight is 223 g/mol. The Hall–Kier alpha value is -1.60. The van der Waals surface area contributed by atoms with Gasteiger partial charge < -0.3 is 5.32 Å². The van der Waals surface area contributed by atoms with Crippen molar-refractivity contribution in [1.82, 2.24) is 5.32 Å². The summed E-state index contributed by atoms with van der Waals surface area (Å²) in [5.74, 6) is 0. The first kappa shape index (κ1) is 10.5. The molecule has 2 aromatic carbocycles. The summed E-state index contributed by atoms with van der Waals surface area (Å²) < 4.78 is 0. The first-order chi connectivity index (χ1) is 8.34. The smallest absolute Gasteiger partial charge is 0.0579 e. The molecule has 86 valence electrons. The van der Waals surface area contributed by atoms with Gasteiger partial charge in [0.25, 0.3) is 0 Å². The van der Waals surface area contributed by atoms with Gasteiger partial charge in [0.1, 0.15) is 0 Å². The summed E-state index contributed by atoms with van der Waals surface area (Å²) in [6, 6.07) is 17.9. The molecule has 0 amide bonds. The van der Waals surface area contributed by atoms with Crippen LogP contribution < -0.4 is 5.32 Å². The molecule has 17 heavy (non-hydrogen) atoms. The van der Waals surface area contributed by atoms with Gasteiger partial charge in [-0.25, -0.2) is 0 Å². The van der Waals surface area contributed by atoms with Crippen LogP contribution in [0.25, 0.3) is 0 Å². The maximum Gasteiger partial charge on any atom is 0.0579 e. The standard InChI is InChI=1S/C16H17N/c1-12-7-8-15-14(11-12)9-10-17-16(15)13-5-3-2-4-6-13/h2-8,11,16-17H,9-10H2,1H3/t16-/m0/s1. The lowest BCUT2D eigenvalue weighted by molar-refractivity contribution is 0.567. The lowest BCUT2D eigenvalue weighted by atomic mass is 9.89. The van der Waals surface area contributed by atoms with Crippen LogP contribution in [0.3, 0.4) is 0 Å². The molecule has 1 atom stereocenters. The summed E-state index contributed by atoms with van der Waals surface area (Å²) in [6.45, 7) is 3.23. The Morgan fingerprint density at radius 1 is 1.06 bits per heavy atom. The number of rotatable bonds is 1. The van der Waals surface area contributed by atoms with Crippen molar-refractivity contribution in [2.75, 3.05) is 6.54 Å². The summed E-state index contributed by atoms with van der Waals surface area (Å²) in [7, 11) is 0. The van der Waals surface area contributed by atoms with Crippen LogP contribution >= 0.6 is 0 Å². The molecule has 0 spiro atoms. The summed E-state index contributed by atoms with van der Waals surface area (Å²) in [5, 5.41) is 3.61. The molecule has 0 aromatic heterocycles. The van der Waals surface area contributed by atoms with Gasteiger partial charge in [-0.3, -0.25) is 0 Å². The van der Waals surface area contributed by atoms with Gasteiger partial charge in [0.2, 0.25) is 0 Å². The van der Waals surface area contributed by atoms with Gasteiger partial charge in [0.05, 0.1) is 6.04 Å². The van der Waals surface area contributed by atoms with E-state index in [9.17, 15) is 0 Å². The van der Waals surface area contributed by atoms with Crippen molar-refractivity contribution in [2.45, 2.75) is 19.4 Å². The third-order valence-electron chi connectivity index (χ3n) is 3.49. The fourth-order valence-corrected chi connectivity index (χ4v) is 2.64. The fourth-order valence-electron chi connectivity index (χ4n) is 2.64. The second-order valence-corrected chi connectivity index (χ2v) is 4.75. The van der Waals surface area contributed by atoms with Crippen LogP contribution in [0.4, 0.5) is 0 Å². The molecule has 1 aliphatic heterocycles. The van der Waals surface area contributed by atoms with Crippen LogP contribution in [0.1, 0.15) is 28.3 Å². The minimum absolute atomic E-state index is 0.362. The Bertz CT molecular complexity index is 516. The van der Waals surface area contributed by atoms with Gasteiger partial charge in [-0.2, -0.15) is 0 Å². The molecule has 1 nitrogen and oxygen atoms in total. The van der Waals surface area contributed by atoms with Gasteiger partial charge >= 0.3 is 0 Å². The normalized spacial score (nSPS) is 18.8.